The van der Waals surface area contributed by atoms with E-state index in [4.69, 9.17) is 11.6 Å². The van der Waals surface area contributed by atoms with E-state index in [-0.39, 0.29) is 11.8 Å². The van der Waals surface area contributed by atoms with Crippen LogP contribution in [0.3, 0.4) is 0 Å². The summed E-state index contributed by atoms with van der Waals surface area (Å²) in [5, 5.41) is 13.8. The summed E-state index contributed by atoms with van der Waals surface area (Å²) < 4.78 is 3.83. The van der Waals surface area contributed by atoms with E-state index >= 15 is 0 Å². The molecule has 158 valence electrons. The summed E-state index contributed by atoms with van der Waals surface area (Å²) in [6.45, 7) is 3.40. The second kappa shape index (κ2) is 8.15. The van der Waals surface area contributed by atoms with Crippen LogP contribution in [0.2, 0.25) is 5.02 Å². The van der Waals surface area contributed by atoms with Crippen LogP contribution in [0.5, 0.6) is 0 Å². The highest BCUT2D eigenvalue weighted by Gasteiger charge is 2.30. The number of rotatable bonds is 4. The average molecular weight is 435 g/mol. The van der Waals surface area contributed by atoms with Crippen molar-refractivity contribution in [1.82, 2.24) is 29.3 Å². The number of pyridine rings is 1. The van der Waals surface area contributed by atoms with E-state index in [9.17, 15) is 4.79 Å². The second-order valence-electron chi connectivity index (χ2n) is 7.83. The van der Waals surface area contributed by atoms with Crippen molar-refractivity contribution in [2.75, 3.05) is 13.1 Å². The molecular formula is C23H23ClN6O. The molecule has 8 heteroatoms. The van der Waals surface area contributed by atoms with Crippen molar-refractivity contribution >= 4 is 23.2 Å². The fourth-order valence-corrected chi connectivity index (χ4v) is 4.59. The van der Waals surface area contributed by atoms with Crippen LogP contribution < -0.4 is 0 Å². The van der Waals surface area contributed by atoms with Gasteiger partial charge in [-0.3, -0.25) is 9.20 Å². The standard InChI is InChI=1S/C23H23ClN6O/c1-2-20-19(14-25-30(20)18-9-5-8-17(24)13-18)23(31)28-11-6-7-16(15-28)22-27-26-21-10-3-4-12-29(21)22/h3-5,8-10,12-14,16H,2,6-7,11,15H2,1H3/t16-/m1/s1. The number of nitrogens with zero attached hydrogens (tertiary/aromatic N) is 6. The van der Waals surface area contributed by atoms with E-state index in [1.54, 1.807) is 6.20 Å². The van der Waals surface area contributed by atoms with Gasteiger partial charge in [0, 0.05) is 30.2 Å². The third kappa shape index (κ3) is 3.59. The van der Waals surface area contributed by atoms with Gasteiger partial charge in [-0.1, -0.05) is 30.7 Å². The molecule has 7 nitrogen and oxygen atoms in total. The second-order valence-corrected chi connectivity index (χ2v) is 8.26. The van der Waals surface area contributed by atoms with Gasteiger partial charge in [0.15, 0.2) is 5.65 Å². The molecule has 31 heavy (non-hydrogen) atoms. The van der Waals surface area contributed by atoms with Crippen LogP contribution >= 0.6 is 11.6 Å². The zero-order chi connectivity index (χ0) is 21.4. The summed E-state index contributed by atoms with van der Waals surface area (Å²) in [5.41, 5.74) is 3.23. The largest absolute Gasteiger partial charge is 0.338 e. The zero-order valence-electron chi connectivity index (χ0n) is 17.3. The zero-order valence-corrected chi connectivity index (χ0v) is 18.0. The van der Waals surface area contributed by atoms with Crippen LogP contribution in [0, 0.1) is 0 Å². The van der Waals surface area contributed by atoms with Crippen LogP contribution in [0.1, 0.15) is 47.6 Å². The van der Waals surface area contributed by atoms with Crippen molar-refractivity contribution in [2.24, 2.45) is 0 Å². The summed E-state index contributed by atoms with van der Waals surface area (Å²) >= 11 is 6.16. The molecule has 0 saturated carbocycles. The van der Waals surface area contributed by atoms with E-state index in [0.717, 1.165) is 42.2 Å². The number of fused-ring (bicyclic) bond motifs is 1. The number of hydrogen-bond donors (Lipinski definition) is 0. The minimum atomic E-state index is 0.0173. The molecule has 1 amide bonds. The summed E-state index contributed by atoms with van der Waals surface area (Å²) in [6, 6.07) is 13.4. The summed E-state index contributed by atoms with van der Waals surface area (Å²) in [4.78, 5) is 15.4. The Morgan fingerprint density at radius 2 is 2.10 bits per heavy atom. The molecule has 4 aromatic rings. The number of carbonyl (C=O) groups excluding carboxylic acids is 1. The van der Waals surface area contributed by atoms with Crippen molar-refractivity contribution in [3.8, 4) is 5.69 Å². The molecule has 1 atom stereocenters. The molecule has 0 unspecified atom stereocenters. The third-order valence-electron chi connectivity index (χ3n) is 5.90. The Morgan fingerprint density at radius 3 is 2.94 bits per heavy atom. The average Bonchev–Trinajstić information content (AvgIpc) is 3.43. The molecule has 0 bridgehead atoms. The van der Waals surface area contributed by atoms with E-state index in [2.05, 4.69) is 15.3 Å². The predicted octanol–water partition coefficient (Wildman–Crippen LogP) is 4.15. The number of amides is 1. The molecule has 0 N–H and O–H groups in total. The molecule has 1 saturated heterocycles. The number of carbonyl (C=O) groups is 1. The van der Waals surface area contributed by atoms with E-state index < -0.39 is 0 Å². The van der Waals surface area contributed by atoms with Crippen LogP contribution in [0.4, 0.5) is 0 Å². The lowest BCUT2D eigenvalue weighted by Gasteiger charge is -2.32. The first-order chi connectivity index (χ1) is 15.2. The Kier molecular flexibility index (Phi) is 5.19. The lowest BCUT2D eigenvalue weighted by molar-refractivity contribution is 0.0703. The first-order valence-corrected chi connectivity index (χ1v) is 10.9. The molecule has 3 aromatic heterocycles. The fourth-order valence-electron chi connectivity index (χ4n) is 4.40. The highest BCUT2D eigenvalue weighted by molar-refractivity contribution is 6.30. The van der Waals surface area contributed by atoms with E-state index in [0.29, 0.717) is 23.6 Å². The van der Waals surface area contributed by atoms with Crippen LogP contribution in [-0.4, -0.2) is 48.3 Å². The highest BCUT2D eigenvalue weighted by Crippen LogP contribution is 2.28. The molecule has 0 radical (unpaired) electrons. The van der Waals surface area contributed by atoms with Gasteiger partial charge in [0.1, 0.15) is 5.82 Å². The van der Waals surface area contributed by atoms with E-state index in [1.807, 2.05) is 69.6 Å². The molecule has 4 heterocycles. The molecule has 1 aliphatic heterocycles. The molecule has 1 aromatic carbocycles. The Balaban J connectivity index is 1.42. The normalized spacial score (nSPS) is 16.7. The first-order valence-electron chi connectivity index (χ1n) is 10.6. The van der Waals surface area contributed by atoms with Gasteiger partial charge in [0.25, 0.3) is 5.91 Å². The molecule has 0 spiro atoms. The quantitative estimate of drug-likeness (QED) is 0.484. The van der Waals surface area contributed by atoms with Crippen molar-refractivity contribution in [1.29, 1.82) is 0 Å². The lowest BCUT2D eigenvalue weighted by atomic mass is 9.96. The Bertz CT molecular complexity index is 1250. The number of halogens is 1. The smallest absolute Gasteiger partial charge is 0.257 e. The maximum Gasteiger partial charge on any atom is 0.257 e. The third-order valence-corrected chi connectivity index (χ3v) is 6.14. The van der Waals surface area contributed by atoms with Crippen LogP contribution in [0.25, 0.3) is 11.3 Å². The maximum absolute atomic E-state index is 13.5. The maximum atomic E-state index is 13.5. The van der Waals surface area contributed by atoms with Gasteiger partial charge in [-0.05, 0) is 49.6 Å². The van der Waals surface area contributed by atoms with Gasteiger partial charge in [-0.15, -0.1) is 10.2 Å². The molecule has 0 aliphatic carbocycles. The van der Waals surface area contributed by atoms with Gasteiger partial charge in [0.2, 0.25) is 0 Å². The van der Waals surface area contributed by atoms with Crippen LogP contribution in [-0.2, 0) is 6.42 Å². The Morgan fingerprint density at radius 1 is 1.19 bits per heavy atom. The van der Waals surface area contributed by atoms with Gasteiger partial charge in [-0.2, -0.15) is 5.10 Å². The number of piperidine rings is 1. The number of hydrogen-bond acceptors (Lipinski definition) is 4. The van der Waals surface area contributed by atoms with Gasteiger partial charge in [-0.25, -0.2) is 4.68 Å². The van der Waals surface area contributed by atoms with Crippen molar-refractivity contribution in [2.45, 2.75) is 32.1 Å². The van der Waals surface area contributed by atoms with Gasteiger partial charge in [0.05, 0.1) is 23.1 Å². The molecule has 5 rings (SSSR count). The summed E-state index contributed by atoms with van der Waals surface area (Å²) in [7, 11) is 0. The van der Waals surface area contributed by atoms with Gasteiger partial charge < -0.3 is 4.90 Å². The molecular weight excluding hydrogens is 412 g/mol. The SMILES string of the molecule is CCc1c(C(=O)N2CCC[C@@H](c3nnc4ccccn34)C2)cnn1-c1cccc(Cl)c1. The monoisotopic (exact) mass is 434 g/mol. The topological polar surface area (TPSA) is 68.3 Å². The van der Waals surface area contributed by atoms with Crippen molar-refractivity contribution in [3.05, 3.63) is 77.0 Å². The molecule has 1 aliphatic rings. The molecule has 1 fully saturated rings. The number of benzene rings is 1. The minimum absolute atomic E-state index is 0.0173. The van der Waals surface area contributed by atoms with E-state index in [1.165, 1.54) is 0 Å². The Labute approximate surface area is 185 Å². The highest BCUT2D eigenvalue weighted by atomic mass is 35.5. The fraction of sp³-hybridized carbons (Fsp3) is 0.304. The van der Waals surface area contributed by atoms with Gasteiger partial charge >= 0.3 is 0 Å². The number of aromatic nitrogens is 5. The summed E-state index contributed by atoms with van der Waals surface area (Å²) in [5.74, 6) is 1.09. The summed E-state index contributed by atoms with van der Waals surface area (Å²) in [6.07, 6.45) is 6.28. The van der Waals surface area contributed by atoms with Crippen molar-refractivity contribution < 1.29 is 4.79 Å². The number of likely N-dealkylation sites (tertiary alicyclic amines) is 1. The van der Waals surface area contributed by atoms with Crippen LogP contribution in [0.15, 0.2) is 54.9 Å². The predicted molar refractivity (Wildman–Crippen MR) is 119 cm³/mol. The van der Waals surface area contributed by atoms with Crippen molar-refractivity contribution in [3.63, 3.8) is 0 Å². The minimum Gasteiger partial charge on any atom is -0.338 e. The lowest BCUT2D eigenvalue weighted by Crippen LogP contribution is -2.39. The first kappa shape index (κ1) is 19.8. The Hall–Kier alpha value is -3.19.